The van der Waals surface area contributed by atoms with Crippen molar-refractivity contribution < 1.29 is 24.2 Å². The van der Waals surface area contributed by atoms with E-state index in [4.69, 9.17) is 20.3 Å². The minimum Gasteiger partial charge on any atom is -0.481 e. The molecular weight excluding hydrogens is 276 g/mol. The zero-order valence-electron chi connectivity index (χ0n) is 12.6. The van der Waals surface area contributed by atoms with Crippen LogP contribution in [0.15, 0.2) is 0 Å². The zero-order chi connectivity index (χ0) is 15.7. The molecule has 0 bridgehead atoms. The summed E-state index contributed by atoms with van der Waals surface area (Å²) in [5.41, 5.74) is 5.74. The van der Waals surface area contributed by atoms with Gasteiger partial charge in [-0.25, -0.2) is 0 Å². The highest BCUT2D eigenvalue weighted by molar-refractivity contribution is 5.82. The van der Waals surface area contributed by atoms with Crippen LogP contribution in [0.3, 0.4) is 0 Å². The van der Waals surface area contributed by atoms with E-state index in [0.29, 0.717) is 32.9 Å². The molecule has 1 saturated heterocycles. The third kappa shape index (κ3) is 6.88. The van der Waals surface area contributed by atoms with Crippen molar-refractivity contribution in [1.29, 1.82) is 0 Å². The summed E-state index contributed by atoms with van der Waals surface area (Å²) in [7, 11) is 0. The van der Waals surface area contributed by atoms with Crippen LogP contribution in [0.4, 0.5) is 0 Å². The van der Waals surface area contributed by atoms with Crippen molar-refractivity contribution in [1.82, 2.24) is 4.90 Å². The number of hydrogen-bond donors (Lipinski definition) is 2. The molecule has 3 N–H and O–H groups in total. The maximum absolute atomic E-state index is 12.1. The summed E-state index contributed by atoms with van der Waals surface area (Å²) in [5.74, 6) is -1.09. The molecule has 1 aliphatic rings. The molecule has 1 amide bonds. The molecule has 0 spiro atoms. The normalized spacial score (nSPS) is 17.7. The highest BCUT2D eigenvalue weighted by Gasteiger charge is 2.26. The molecule has 1 rings (SSSR count). The smallest absolute Gasteiger partial charge is 0.303 e. The second-order valence-electron chi connectivity index (χ2n) is 5.13. The first-order valence-corrected chi connectivity index (χ1v) is 7.50. The van der Waals surface area contributed by atoms with Crippen LogP contribution < -0.4 is 5.73 Å². The summed E-state index contributed by atoms with van der Waals surface area (Å²) in [6.07, 6.45) is 1.82. The Labute approximate surface area is 125 Å². The van der Waals surface area contributed by atoms with Crippen molar-refractivity contribution >= 4 is 11.9 Å². The Morgan fingerprint density at radius 1 is 1.33 bits per heavy atom. The van der Waals surface area contributed by atoms with E-state index in [0.717, 1.165) is 12.8 Å². The summed E-state index contributed by atoms with van der Waals surface area (Å²) < 4.78 is 10.9. The van der Waals surface area contributed by atoms with E-state index >= 15 is 0 Å². The standard InChI is InChI=1S/C14H26N2O5/c1-2-20-9-10-21-11-5-7-16(8-6-11)14(19)12(15)3-4-13(17)18/h11-12H,2-10,15H2,1H3,(H,17,18). The predicted molar refractivity (Wildman–Crippen MR) is 76.9 cm³/mol. The van der Waals surface area contributed by atoms with Crippen LogP contribution in [0, 0.1) is 0 Å². The Balaban J connectivity index is 2.22. The number of likely N-dealkylation sites (tertiary alicyclic amines) is 1. The van der Waals surface area contributed by atoms with Crippen molar-refractivity contribution in [3.63, 3.8) is 0 Å². The highest BCUT2D eigenvalue weighted by atomic mass is 16.5. The van der Waals surface area contributed by atoms with Crippen LogP contribution in [-0.4, -0.2) is 66.9 Å². The topological polar surface area (TPSA) is 102 Å². The second-order valence-corrected chi connectivity index (χ2v) is 5.13. The number of carbonyl (C=O) groups excluding carboxylic acids is 1. The van der Waals surface area contributed by atoms with Crippen molar-refractivity contribution in [2.24, 2.45) is 5.73 Å². The van der Waals surface area contributed by atoms with Gasteiger partial charge >= 0.3 is 5.97 Å². The lowest BCUT2D eigenvalue weighted by Crippen LogP contribution is -2.48. The van der Waals surface area contributed by atoms with Crippen molar-refractivity contribution in [2.75, 3.05) is 32.9 Å². The second kappa shape index (κ2) is 9.70. The molecule has 1 fully saturated rings. The van der Waals surface area contributed by atoms with Gasteiger partial charge in [-0.15, -0.1) is 0 Å². The Bertz CT molecular complexity index is 329. The van der Waals surface area contributed by atoms with E-state index in [9.17, 15) is 9.59 Å². The quantitative estimate of drug-likeness (QED) is 0.591. The van der Waals surface area contributed by atoms with Gasteiger partial charge in [-0.2, -0.15) is 0 Å². The Kier molecular flexibility index (Phi) is 8.26. The minimum atomic E-state index is -0.931. The molecule has 1 atom stereocenters. The van der Waals surface area contributed by atoms with E-state index in [2.05, 4.69) is 0 Å². The molecule has 1 heterocycles. The predicted octanol–water partition coefficient (Wildman–Crippen LogP) is 0.223. The Morgan fingerprint density at radius 3 is 2.57 bits per heavy atom. The van der Waals surface area contributed by atoms with E-state index in [-0.39, 0.29) is 24.9 Å². The Morgan fingerprint density at radius 2 is 2.00 bits per heavy atom. The molecule has 0 aromatic heterocycles. The number of amides is 1. The van der Waals surface area contributed by atoms with Crippen molar-refractivity contribution in [2.45, 2.75) is 44.8 Å². The first kappa shape index (κ1) is 17.9. The van der Waals surface area contributed by atoms with E-state index in [1.807, 2.05) is 6.92 Å². The Hall–Kier alpha value is -1.18. The van der Waals surface area contributed by atoms with Crippen molar-refractivity contribution in [3.05, 3.63) is 0 Å². The van der Waals surface area contributed by atoms with Gasteiger partial charge in [0, 0.05) is 26.1 Å². The molecule has 0 saturated carbocycles. The third-order valence-corrected chi connectivity index (χ3v) is 3.53. The lowest BCUT2D eigenvalue weighted by molar-refractivity contribution is -0.138. The largest absolute Gasteiger partial charge is 0.481 e. The number of nitrogens with zero attached hydrogens (tertiary/aromatic N) is 1. The molecule has 0 radical (unpaired) electrons. The van der Waals surface area contributed by atoms with Crippen LogP contribution in [0.5, 0.6) is 0 Å². The summed E-state index contributed by atoms with van der Waals surface area (Å²) in [4.78, 5) is 24.3. The number of nitrogens with two attached hydrogens (primary N) is 1. The fourth-order valence-electron chi connectivity index (χ4n) is 2.30. The molecule has 1 aliphatic heterocycles. The maximum atomic E-state index is 12.1. The van der Waals surface area contributed by atoms with E-state index < -0.39 is 12.0 Å². The molecule has 122 valence electrons. The zero-order valence-corrected chi connectivity index (χ0v) is 12.6. The van der Waals surface area contributed by atoms with Gasteiger partial charge in [-0.3, -0.25) is 9.59 Å². The van der Waals surface area contributed by atoms with E-state index in [1.165, 1.54) is 0 Å². The number of piperidine rings is 1. The summed E-state index contributed by atoms with van der Waals surface area (Å²) >= 11 is 0. The lowest BCUT2D eigenvalue weighted by atomic mass is 10.1. The monoisotopic (exact) mass is 302 g/mol. The third-order valence-electron chi connectivity index (χ3n) is 3.53. The molecule has 0 aromatic rings. The number of aliphatic carboxylic acids is 1. The van der Waals surface area contributed by atoms with Gasteiger partial charge in [0.2, 0.25) is 5.91 Å². The van der Waals surface area contributed by atoms with Crippen LogP contribution in [0.25, 0.3) is 0 Å². The summed E-state index contributed by atoms with van der Waals surface area (Å²) in [6.45, 7) is 5.01. The fourth-order valence-corrected chi connectivity index (χ4v) is 2.30. The average molecular weight is 302 g/mol. The minimum absolute atomic E-state index is 0.0795. The fraction of sp³-hybridized carbons (Fsp3) is 0.857. The van der Waals surface area contributed by atoms with Gasteiger partial charge in [0.1, 0.15) is 0 Å². The molecule has 21 heavy (non-hydrogen) atoms. The van der Waals surface area contributed by atoms with Crippen LogP contribution in [0.1, 0.15) is 32.6 Å². The molecule has 1 unspecified atom stereocenters. The molecule has 0 aliphatic carbocycles. The number of ether oxygens (including phenoxy) is 2. The first-order valence-electron chi connectivity index (χ1n) is 7.50. The number of carboxylic acid groups (broad SMARTS) is 1. The van der Waals surface area contributed by atoms with Gasteiger partial charge in [-0.05, 0) is 26.2 Å². The van der Waals surface area contributed by atoms with Gasteiger partial charge < -0.3 is 25.2 Å². The SMILES string of the molecule is CCOCCOC1CCN(C(=O)C(N)CCC(=O)O)CC1. The first-order chi connectivity index (χ1) is 10.0. The van der Waals surface area contributed by atoms with Gasteiger partial charge in [0.25, 0.3) is 0 Å². The van der Waals surface area contributed by atoms with Crippen LogP contribution in [-0.2, 0) is 19.1 Å². The van der Waals surface area contributed by atoms with Crippen molar-refractivity contribution in [3.8, 4) is 0 Å². The number of hydrogen-bond acceptors (Lipinski definition) is 5. The van der Waals surface area contributed by atoms with E-state index in [1.54, 1.807) is 4.90 Å². The van der Waals surface area contributed by atoms with Gasteiger partial charge in [0.05, 0.1) is 25.4 Å². The number of carbonyl (C=O) groups is 2. The van der Waals surface area contributed by atoms with Gasteiger partial charge in [-0.1, -0.05) is 0 Å². The molecule has 0 aromatic carbocycles. The number of carboxylic acids is 1. The van der Waals surface area contributed by atoms with Gasteiger partial charge in [0.15, 0.2) is 0 Å². The molecular formula is C14H26N2O5. The lowest BCUT2D eigenvalue weighted by Gasteiger charge is -2.33. The highest BCUT2D eigenvalue weighted by Crippen LogP contribution is 2.15. The maximum Gasteiger partial charge on any atom is 0.303 e. The molecule has 7 heteroatoms. The van der Waals surface area contributed by atoms with Crippen LogP contribution >= 0.6 is 0 Å². The summed E-state index contributed by atoms with van der Waals surface area (Å²) in [5, 5.41) is 8.60. The summed E-state index contributed by atoms with van der Waals surface area (Å²) in [6, 6.07) is -0.725. The molecule has 7 nitrogen and oxygen atoms in total. The number of rotatable bonds is 9. The average Bonchev–Trinajstić information content (AvgIpc) is 2.49. The van der Waals surface area contributed by atoms with Crippen LogP contribution in [0.2, 0.25) is 0 Å².